The molecule has 0 aliphatic heterocycles. The van der Waals surface area contributed by atoms with E-state index in [-0.39, 0.29) is 5.75 Å². The summed E-state index contributed by atoms with van der Waals surface area (Å²) in [5.74, 6) is 0.427. The van der Waals surface area contributed by atoms with Gasteiger partial charge in [0.05, 0.1) is 12.7 Å². The van der Waals surface area contributed by atoms with Crippen molar-refractivity contribution in [1.29, 1.82) is 0 Å². The molecule has 0 saturated carbocycles. The predicted molar refractivity (Wildman–Crippen MR) is 51.0 cm³/mol. The van der Waals surface area contributed by atoms with Crippen LogP contribution in [-0.2, 0) is 0 Å². The lowest BCUT2D eigenvalue weighted by Crippen LogP contribution is -1.92. The fourth-order valence-corrected chi connectivity index (χ4v) is 1.30. The van der Waals surface area contributed by atoms with Gasteiger partial charge in [0.25, 0.3) is 0 Å². The third kappa shape index (κ3) is 1.68. The number of methoxy groups -OCH3 is 1. The number of ether oxygens (including phenoxy) is 1. The fraction of sp³-hybridized carbons (Fsp3) is 0.200. The smallest absolute Gasteiger partial charge is 0.223 e. The number of rotatable bonds is 2. The van der Waals surface area contributed by atoms with Gasteiger partial charge in [-0.25, -0.2) is 4.39 Å². The first kappa shape index (κ1) is 9.64. The summed E-state index contributed by atoms with van der Waals surface area (Å²) in [5, 5.41) is 3.70. The van der Waals surface area contributed by atoms with Crippen molar-refractivity contribution < 1.29 is 13.7 Å². The largest absolute Gasteiger partial charge is 0.493 e. The molecular formula is C10H9FN2O2. The molecule has 2 rings (SSSR count). The topological polar surface area (TPSA) is 48.2 Å². The molecule has 0 saturated heterocycles. The third-order valence-electron chi connectivity index (χ3n) is 1.94. The number of halogens is 1. The molecule has 2 aromatic rings. The standard InChI is InChI=1S/C10H9FN2O2/c1-6-12-10(13-15-6)7-4-3-5-8(11)9(7)14-2/h3-5H,1-2H3. The molecule has 15 heavy (non-hydrogen) atoms. The Morgan fingerprint density at radius 3 is 2.80 bits per heavy atom. The highest BCUT2D eigenvalue weighted by Crippen LogP contribution is 2.29. The van der Waals surface area contributed by atoms with Gasteiger partial charge in [0.15, 0.2) is 11.6 Å². The Morgan fingerprint density at radius 1 is 1.40 bits per heavy atom. The highest BCUT2D eigenvalue weighted by molar-refractivity contribution is 5.63. The van der Waals surface area contributed by atoms with E-state index in [0.29, 0.717) is 17.3 Å². The molecule has 0 radical (unpaired) electrons. The van der Waals surface area contributed by atoms with Crippen molar-refractivity contribution in [3.05, 3.63) is 29.9 Å². The summed E-state index contributed by atoms with van der Waals surface area (Å²) >= 11 is 0. The van der Waals surface area contributed by atoms with Crippen LogP contribution in [0.5, 0.6) is 5.75 Å². The van der Waals surface area contributed by atoms with Crippen LogP contribution < -0.4 is 4.74 Å². The van der Waals surface area contributed by atoms with Crippen LogP contribution in [0.4, 0.5) is 4.39 Å². The number of hydrogen-bond donors (Lipinski definition) is 0. The van der Waals surface area contributed by atoms with E-state index in [1.807, 2.05) is 0 Å². The predicted octanol–water partition coefficient (Wildman–Crippen LogP) is 2.19. The van der Waals surface area contributed by atoms with Crippen LogP contribution in [-0.4, -0.2) is 17.3 Å². The molecule has 4 nitrogen and oxygen atoms in total. The van der Waals surface area contributed by atoms with Gasteiger partial charge in [0.2, 0.25) is 11.7 Å². The molecule has 78 valence electrons. The van der Waals surface area contributed by atoms with Crippen LogP contribution in [0.2, 0.25) is 0 Å². The Hall–Kier alpha value is -1.91. The molecule has 0 spiro atoms. The summed E-state index contributed by atoms with van der Waals surface area (Å²) < 4.78 is 23.1. The van der Waals surface area contributed by atoms with E-state index in [9.17, 15) is 4.39 Å². The van der Waals surface area contributed by atoms with Crippen LogP contribution in [0, 0.1) is 12.7 Å². The number of benzene rings is 1. The van der Waals surface area contributed by atoms with Gasteiger partial charge in [-0.2, -0.15) is 4.98 Å². The summed E-state index contributed by atoms with van der Waals surface area (Å²) in [6, 6.07) is 4.56. The molecular weight excluding hydrogens is 199 g/mol. The van der Waals surface area contributed by atoms with Gasteiger partial charge in [-0.05, 0) is 12.1 Å². The molecule has 0 bridgehead atoms. The Labute approximate surface area is 85.7 Å². The van der Waals surface area contributed by atoms with Crippen LogP contribution in [0.25, 0.3) is 11.4 Å². The normalized spacial score (nSPS) is 10.3. The Bertz CT molecular complexity index is 482. The minimum atomic E-state index is -0.447. The number of aromatic nitrogens is 2. The van der Waals surface area contributed by atoms with E-state index in [0.717, 1.165) is 0 Å². The van der Waals surface area contributed by atoms with Gasteiger partial charge < -0.3 is 9.26 Å². The number of hydrogen-bond acceptors (Lipinski definition) is 4. The summed E-state index contributed by atoms with van der Waals surface area (Å²) in [4.78, 5) is 4.01. The molecule has 0 amide bonds. The van der Waals surface area contributed by atoms with Gasteiger partial charge in [0, 0.05) is 6.92 Å². The minimum Gasteiger partial charge on any atom is -0.493 e. The van der Waals surface area contributed by atoms with E-state index >= 15 is 0 Å². The van der Waals surface area contributed by atoms with E-state index < -0.39 is 5.82 Å². The molecule has 0 unspecified atom stereocenters. The number of nitrogens with zero attached hydrogens (tertiary/aromatic N) is 2. The summed E-state index contributed by atoms with van der Waals surface area (Å²) in [6.45, 7) is 1.67. The van der Waals surface area contributed by atoms with Crippen molar-refractivity contribution in [2.24, 2.45) is 0 Å². The van der Waals surface area contributed by atoms with Crippen LogP contribution in [0.1, 0.15) is 5.89 Å². The molecule has 0 aliphatic rings. The van der Waals surface area contributed by atoms with Gasteiger partial charge >= 0.3 is 0 Å². The summed E-state index contributed by atoms with van der Waals surface area (Å²) in [6.07, 6.45) is 0. The van der Waals surface area contributed by atoms with Crippen molar-refractivity contribution in [2.45, 2.75) is 6.92 Å². The lowest BCUT2D eigenvalue weighted by molar-refractivity contribution is 0.384. The zero-order valence-corrected chi connectivity index (χ0v) is 8.32. The van der Waals surface area contributed by atoms with Crippen LogP contribution >= 0.6 is 0 Å². The van der Waals surface area contributed by atoms with E-state index in [1.54, 1.807) is 19.1 Å². The van der Waals surface area contributed by atoms with Crippen molar-refractivity contribution in [3.8, 4) is 17.1 Å². The van der Waals surface area contributed by atoms with Gasteiger partial charge in [0.1, 0.15) is 0 Å². The first-order valence-electron chi connectivity index (χ1n) is 4.35. The quantitative estimate of drug-likeness (QED) is 0.759. The maximum absolute atomic E-state index is 13.3. The highest BCUT2D eigenvalue weighted by atomic mass is 19.1. The van der Waals surface area contributed by atoms with Crippen molar-refractivity contribution in [2.75, 3.05) is 7.11 Å². The highest BCUT2D eigenvalue weighted by Gasteiger charge is 2.14. The monoisotopic (exact) mass is 208 g/mol. The molecule has 1 heterocycles. The van der Waals surface area contributed by atoms with Gasteiger partial charge in [-0.1, -0.05) is 11.2 Å². The Balaban J connectivity index is 2.57. The molecule has 0 atom stereocenters. The number of para-hydroxylation sites is 1. The average molecular weight is 208 g/mol. The van der Waals surface area contributed by atoms with E-state index in [4.69, 9.17) is 9.26 Å². The average Bonchev–Trinajstić information content (AvgIpc) is 2.64. The fourth-order valence-electron chi connectivity index (χ4n) is 1.30. The minimum absolute atomic E-state index is 0.123. The number of aryl methyl sites for hydroxylation is 1. The Morgan fingerprint density at radius 2 is 2.20 bits per heavy atom. The van der Waals surface area contributed by atoms with E-state index in [1.165, 1.54) is 13.2 Å². The van der Waals surface area contributed by atoms with Crippen molar-refractivity contribution >= 4 is 0 Å². The zero-order valence-electron chi connectivity index (χ0n) is 8.32. The SMILES string of the molecule is COc1c(F)cccc1-c1noc(C)n1. The van der Waals surface area contributed by atoms with E-state index in [2.05, 4.69) is 10.1 Å². The molecule has 1 aromatic heterocycles. The summed E-state index contributed by atoms with van der Waals surface area (Å²) in [7, 11) is 1.40. The lowest BCUT2D eigenvalue weighted by atomic mass is 10.2. The maximum Gasteiger partial charge on any atom is 0.223 e. The molecule has 0 aliphatic carbocycles. The first-order chi connectivity index (χ1) is 7.22. The molecule has 1 aromatic carbocycles. The molecule has 0 N–H and O–H groups in total. The maximum atomic E-state index is 13.3. The van der Waals surface area contributed by atoms with Crippen LogP contribution in [0.15, 0.2) is 22.7 Å². The van der Waals surface area contributed by atoms with Gasteiger partial charge in [-0.3, -0.25) is 0 Å². The Kier molecular flexibility index (Phi) is 2.37. The third-order valence-corrected chi connectivity index (χ3v) is 1.94. The first-order valence-corrected chi connectivity index (χ1v) is 4.35. The van der Waals surface area contributed by atoms with Crippen molar-refractivity contribution in [3.63, 3.8) is 0 Å². The zero-order chi connectivity index (χ0) is 10.8. The second-order valence-corrected chi connectivity index (χ2v) is 2.96. The second kappa shape index (κ2) is 3.68. The molecule has 5 heteroatoms. The molecule has 0 fully saturated rings. The van der Waals surface area contributed by atoms with Crippen molar-refractivity contribution in [1.82, 2.24) is 10.1 Å². The van der Waals surface area contributed by atoms with Crippen LogP contribution in [0.3, 0.4) is 0 Å². The summed E-state index contributed by atoms with van der Waals surface area (Å²) in [5.41, 5.74) is 0.481. The van der Waals surface area contributed by atoms with Gasteiger partial charge in [-0.15, -0.1) is 0 Å². The second-order valence-electron chi connectivity index (χ2n) is 2.96. The lowest BCUT2D eigenvalue weighted by Gasteiger charge is -2.04.